The molecule has 0 atom stereocenters. The van der Waals surface area contributed by atoms with E-state index in [9.17, 15) is 4.79 Å². The zero-order chi connectivity index (χ0) is 15.7. The number of aliphatic imine (C=N–C) groups is 1. The number of nitrogens with zero attached hydrogens (tertiary/aromatic N) is 1. The standard InChI is InChI=1S/C21H21NO/c23-20(16-9-3-1-4-10-16)19-18-12-6-5-11-17(18)15-21(22-19)13-7-2-8-14-21/h1,3-6,9-12H,2,7-8,13-15H2. The Hall–Kier alpha value is -2.22. The van der Waals surface area contributed by atoms with Gasteiger partial charge in [0.05, 0.1) is 5.54 Å². The first-order valence-corrected chi connectivity index (χ1v) is 8.55. The van der Waals surface area contributed by atoms with Crippen LogP contribution >= 0.6 is 0 Å². The highest BCUT2D eigenvalue weighted by Crippen LogP contribution is 2.39. The summed E-state index contributed by atoms with van der Waals surface area (Å²) >= 11 is 0. The topological polar surface area (TPSA) is 29.4 Å². The van der Waals surface area contributed by atoms with E-state index < -0.39 is 0 Å². The Balaban J connectivity index is 1.82. The van der Waals surface area contributed by atoms with E-state index in [4.69, 9.17) is 4.99 Å². The number of fused-ring (bicyclic) bond motifs is 1. The Morgan fingerprint density at radius 2 is 1.57 bits per heavy atom. The van der Waals surface area contributed by atoms with Crippen LogP contribution in [0.25, 0.3) is 0 Å². The number of hydrogen-bond donors (Lipinski definition) is 0. The van der Waals surface area contributed by atoms with Crippen LogP contribution in [-0.2, 0) is 6.42 Å². The first-order valence-electron chi connectivity index (χ1n) is 8.55. The monoisotopic (exact) mass is 303 g/mol. The van der Waals surface area contributed by atoms with Gasteiger partial charge in [-0.15, -0.1) is 0 Å². The summed E-state index contributed by atoms with van der Waals surface area (Å²) in [5.74, 6) is 0.0581. The fourth-order valence-electron chi connectivity index (χ4n) is 3.99. The third kappa shape index (κ3) is 2.63. The van der Waals surface area contributed by atoms with Crippen molar-refractivity contribution < 1.29 is 4.79 Å². The number of rotatable bonds is 2. The second-order valence-electron chi connectivity index (χ2n) is 6.77. The van der Waals surface area contributed by atoms with Gasteiger partial charge in [-0.1, -0.05) is 73.9 Å². The van der Waals surface area contributed by atoms with Crippen LogP contribution in [0.3, 0.4) is 0 Å². The van der Waals surface area contributed by atoms with Gasteiger partial charge in [-0.25, -0.2) is 0 Å². The molecule has 0 amide bonds. The molecule has 0 aromatic heterocycles. The Morgan fingerprint density at radius 3 is 2.35 bits per heavy atom. The molecule has 0 unspecified atom stereocenters. The first-order chi connectivity index (χ1) is 11.3. The molecule has 0 bridgehead atoms. The van der Waals surface area contributed by atoms with Crippen molar-refractivity contribution in [1.82, 2.24) is 0 Å². The lowest BCUT2D eigenvalue weighted by molar-refractivity contribution is 0.106. The van der Waals surface area contributed by atoms with Crippen molar-refractivity contribution in [1.29, 1.82) is 0 Å². The molecule has 1 saturated carbocycles. The van der Waals surface area contributed by atoms with Gasteiger partial charge in [0.1, 0.15) is 5.71 Å². The summed E-state index contributed by atoms with van der Waals surface area (Å²) < 4.78 is 0. The number of carbonyl (C=O) groups is 1. The molecule has 4 rings (SSSR count). The van der Waals surface area contributed by atoms with Crippen LogP contribution in [0.5, 0.6) is 0 Å². The van der Waals surface area contributed by atoms with E-state index in [0.29, 0.717) is 5.71 Å². The minimum atomic E-state index is -0.0492. The Bertz CT molecular complexity index is 754. The predicted octanol–water partition coefficient (Wildman–Crippen LogP) is 4.62. The highest BCUT2D eigenvalue weighted by molar-refractivity contribution is 6.52. The summed E-state index contributed by atoms with van der Waals surface area (Å²) in [6.07, 6.45) is 6.92. The molecule has 1 spiro atoms. The highest BCUT2D eigenvalue weighted by atomic mass is 16.1. The quantitative estimate of drug-likeness (QED) is 0.744. The van der Waals surface area contributed by atoms with Crippen LogP contribution in [-0.4, -0.2) is 17.0 Å². The minimum absolute atomic E-state index is 0.0492. The van der Waals surface area contributed by atoms with Crippen molar-refractivity contribution in [2.75, 3.05) is 0 Å². The van der Waals surface area contributed by atoms with Crippen LogP contribution in [0.15, 0.2) is 59.6 Å². The number of Topliss-reactive ketones (excluding diaryl/α,β-unsaturated/α-hetero) is 1. The molecule has 1 aliphatic carbocycles. The lowest BCUT2D eigenvalue weighted by Gasteiger charge is -2.38. The molecule has 116 valence electrons. The zero-order valence-corrected chi connectivity index (χ0v) is 13.3. The summed E-state index contributed by atoms with van der Waals surface area (Å²) in [6, 6.07) is 17.8. The molecule has 1 fully saturated rings. The van der Waals surface area contributed by atoms with E-state index in [2.05, 4.69) is 12.1 Å². The number of benzene rings is 2. The molecule has 2 aromatic rings. The minimum Gasteiger partial charge on any atom is -0.287 e. The van der Waals surface area contributed by atoms with Gasteiger partial charge >= 0.3 is 0 Å². The molecule has 2 heteroatoms. The molecule has 2 aromatic carbocycles. The summed E-state index contributed by atoms with van der Waals surface area (Å²) in [5.41, 5.74) is 3.65. The molecular weight excluding hydrogens is 282 g/mol. The van der Waals surface area contributed by atoms with Gasteiger partial charge in [-0.05, 0) is 24.8 Å². The molecule has 1 aliphatic heterocycles. The second-order valence-corrected chi connectivity index (χ2v) is 6.77. The normalized spacial score (nSPS) is 19.0. The van der Waals surface area contributed by atoms with Crippen molar-refractivity contribution >= 4 is 11.5 Å². The predicted molar refractivity (Wildman–Crippen MR) is 93.3 cm³/mol. The van der Waals surface area contributed by atoms with Crippen molar-refractivity contribution in [3.8, 4) is 0 Å². The summed E-state index contributed by atoms with van der Waals surface area (Å²) in [7, 11) is 0. The lowest BCUT2D eigenvalue weighted by Crippen LogP contribution is -2.39. The molecule has 0 radical (unpaired) electrons. The van der Waals surface area contributed by atoms with Crippen LogP contribution in [0.2, 0.25) is 0 Å². The zero-order valence-electron chi connectivity index (χ0n) is 13.3. The third-order valence-corrected chi connectivity index (χ3v) is 5.18. The van der Waals surface area contributed by atoms with Crippen molar-refractivity contribution in [3.05, 3.63) is 71.3 Å². The largest absolute Gasteiger partial charge is 0.287 e. The maximum Gasteiger partial charge on any atom is 0.211 e. The van der Waals surface area contributed by atoms with Crippen LogP contribution in [0, 0.1) is 0 Å². The van der Waals surface area contributed by atoms with E-state index in [-0.39, 0.29) is 11.3 Å². The molecule has 1 heterocycles. The summed E-state index contributed by atoms with van der Waals surface area (Å²) in [6.45, 7) is 0. The number of carbonyl (C=O) groups excluding carboxylic acids is 1. The van der Waals surface area contributed by atoms with Crippen molar-refractivity contribution in [2.45, 2.75) is 44.1 Å². The van der Waals surface area contributed by atoms with E-state index in [1.807, 2.05) is 42.5 Å². The van der Waals surface area contributed by atoms with Gasteiger partial charge in [0, 0.05) is 11.1 Å². The van der Waals surface area contributed by atoms with Crippen LogP contribution < -0.4 is 0 Å². The average molecular weight is 303 g/mol. The number of ketones is 1. The fourth-order valence-corrected chi connectivity index (χ4v) is 3.99. The van der Waals surface area contributed by atoms with Crippen molar-refractivity contribution in [2.24, 2.45) is 4.99 Å². The van der Waals surface area contributed by atoms with Gasteiger partial charge in [-0.3, -0.25) is 9.79 Å². The van der Waals surface area contributed by atoms with E-state index in [1.165, 1.54) is 24.8 Å². The lowest BCUT2D eigenvalue weighted by atomic mass is 9.74. The average Bonchev–Trinajstić information content (AvgIpc) is 2.62. The van der Waals surface area contributed by atoms with E-state index >= 15 is 0 Å². The molecule has 0 saturated heterocycles. The molecule has 0 N–H and O–H groups in total. The Morgan fingerprint density at radius 1 is 0.870 bits per heavy atom. The molecular formula is C21H21NO. The third-order valence-electron chi connectivity index (χ3n) is 5.18. The maximum absolute atomic E-state index is 13.1. The fraction of sp³-hybridized carbons (Fsp3) is 0.333. The first kappa shape index (κ1) is 14.4. The van der Waals surface area contributed by atoms with Crippen LogP contribution in [0.4, 0.5) is 0 Å². The molecule has 2 aliphatic rings. The van der Waals surface area contributed by atoms with E-state index in [0.717, 1.165) is 30.4 Å². The smallest absolute Gasteiger partial charge is 0.211 e. The SMILES string of the molecule is O=C(C1=NC2(CCCCC2)Cc2ccccc21)c1ccccc1. The maximum atomic E-state index is 13.1. The van der Waals surface area contributed by atoms with Crippen LogP contribution in [0.1, 0.15) is 53.6 Å². The van der Waals surface area contributed by atoms with Gasteiger partial charge < -0.3 is 0 Å². The van der Waals surface area contributed by atoms with E-state index in [1.54, 1.807) is 0 Å². The van der Waals surface area contributed by atoms with Gasteiger partial charge in [0.15, 0.2) is 0 Å². The number of hydrogen-bond acceptors (Lipinski definition) is 2. The van der Waals surface area contributed by atoms with Gasteiger partial charge in [0.2, 0.25) is 5.78 Å². The Kier molecular flexibility index (Phi) is 3.60. The summed E-state index contributed by atoms with van der Waals surface area (Å²) in [4.78, 5) is 18.1. The molecule has 23 heavy (non-hydrogen) atoms. The van der Waals surface area contributed by atoms with Gasteiger partial charge in [0.25, 0.3) is 0 Å². The second kappa shape index (κ2) is 5.77. The molecule has 2 nitrogen and oxygen atoms in total. The highest BCUT2D eigenvalue weighted by Gasteiger charge is 2.37. The Labute approximate surface area is 137 Å². The van der Waals surface area contributed by atoms with Gasteiger partial charge in [-0.2, -0.15) is 0 Å². The van der Waals surface area contributed by atoms with Crippen molar-refractivity contribution in [3.63, 3.8) is 0 Å². The summed E-state index contributed by atoms with van der Waals surface area (Å²) in [5, 5.41) is 0.